The highest BCUT2D eigenvalue weighted by molar-refractivity contribution is 5.77. The van der Waals surface area contributed by atoms with Crippen LogP contribution in [0, 0.1) is 6.92 Å². The number of alkyl halides is 3. The molecule has 20 heavy (non-hydrogen) atoms. The van der Waals surface area contributed by atoms with Crippen LogP contribution in [-0.4, -0.2) is 30.3 Å². The van der Waals surface area contributed by atoms with E-state index in [1.165, 1.54) is 0 Å². The summed E-state index contributed by atoms with van der Waals surface area (Å²) >= 11 is 0. The number of aryl methyl sites for hydroxylation is 1. The summed E-state index contributed by atoms with van der Waals surface area (Å²) in [7, 11) is 0. The number of amides is 1. The predicted octanol–water partition coefficient (Wildman–Crippen LogP) is 2.11. The van der Waals surface area contributed by atoms with Crippen LogP contribution < -0.4 is 10.1 Å². The molecule has 0 saturated carbocycles. The molecule has 7 heteroatoms. The molecule has 0 aromatic heterocycles. The lowest BCUT2D eigenvalue weighted by molar-refractivity contribution is -0.139. The maximum absolute atomic E-state index is 11.9. The van der Waals surface area contributed by atoms with Crippen molar-refractivity contribution in [3.05, 3.63) is 29.3 Å². The highest BCUT2D eigenvalue weighted by atomic mass is 19.4. The number of hydrogen-bond donors (Lipinski definition) is 2. The molecule has 1 atom stereocenters. The Hall–Kier alpha value is -1.76. The molecule has 1 rings (SSSR count). The van der Waals surface area contributed by atoms with Gasteiger partial charge in [-0.2, -0.15) is 13.2 Å². The van der Waals surface area contributed by atoms with Crippen molar-refractivity contribution < 1.29 is 27.8 Å². The molecule has 1 aromatic rings. The standard InChI is InChI=1S/C13H16F3NO3/c1-8-5-10(9(2)18)3-4-11(8)20-6-12(19)17-7-13(14,15)16/h3-5,9,18H,6-7H2,1-2H3,(H,17,19). The second-order valence-corrected chi connectivity index (χ2v) is 4.38. The fourth-order valence-electron chi connectivity index (χ4n) is 1.49. The SMILES string of the molecule is Cc1cc(C(C)O)ccc1OCC(=O)NCC(F)(F)F. The van der Waals surface area contributed by atoms with Gasteiger partial charge in [-0.25, -0.2) is 0 Å². The first-order valence-corrected chi connectivity index (χ1v) is 5.94. The number of rotatable bonds is 5. The largest absolute Gasteiger partial charge is 0.484 e. The number of nitrogens with one attached hydrogen (secondary N) is 1. The van der Waals surface area contributed by atoms with E-state index in [1.54, 1.807) is 37.4 Å². The van der Waals surface area contributed by atoms with Crippen LogP contribution in [0.4, 0.5) is 13.2 Å². The van der Waals surface area contributed by atoms with E-state index in [-0.39, 0.29) is 0 Å². The van der Waals surface area contributed by atoms with Gasteiger partial charge in [-0.05, 0) is 37.1 Å². The lowest BCUT2D eigenvalue weighted by Crippen LogP contribution is -2.36. The Labute approximate surface area is 114 Å². The van der Waals surface area contributed by atoms with Gasteiger partial charge in [0.05, 0.1) is 6.10 Å². The molecule has 2 N–H and O–H groups in total. The molecular weight excluding hydrogens is 275 g/mol. The van der Waals surface area contributed by atoms with Crippen molar-refractivity contribution in [3.63, 3.8) is 0 Å². The maximum atomic E-state index is 11.9. The highest BCUT2D eigenvalue weighted by Crippen LogP contribution is 2.22. The molecular formula is C13H16F3NO3. The van der Waals surface area contributed by atoms with E-state index in [9.17, 15) is 23.1 Å². The topological polar surface area (TPSA) is 58.6 Å². The van der Waals surface area contributed by atoms with Crippen LogP contribution in [0.15, 0.2) is 18.2 Å². The van der Waals surface area contributed by atoms with Crippen LogP contribution in [0.1, 0.15) is 24.2 Å². The molecule has 1 amide bonds. The molecule has 0 aliphatic heterocycles. The van der Waals surface area contributed by atoms with E-state index in [4.69, 9.17) is 4.74 Å². The number of carbonyl (C=O) groups excluding carboxylic acids is 1. The van der Waals surface area contributed by atoms with E-state index in [0.29, 0.717) is 16.9 Å². The summed E-state index contributed by atoms with van der Waals surface area (Å²) in [6.45, 7) is 1.45. The Balaban J connectivity index is 2.51. The van der Waals surface area contributed by atoms with Gasteiger partial charge in [-0.1, -0.05) is 6.07 Å². The molecule has 1 aromatic carbocycles. The number of halogens is 3. The van der Waals surface area contributed by atoms with Gasteiger partial charge >= 0.3 is 6.18 Å². The van der Waals surface area contributed by atoms with Crippen LogP contribution >= 0.6 is 0 Å². The number of carbonyl (C=O) groups is 1. The van der Waals surface area contributed by atoms with Gasteiger partial charge in [-0.3, -0.25) is 4.79 Å². The van der Waals surface area contributed by atoms with Crippen molar-refractivity contribution in [1.29, 1.82) is 0 Å². The monoisotopic (exact) mass is 291 g/mol. The summed E-state index contributed by atoms with van der Waals surface area (Å²) in [6, 6.07) is 4.88. The number of aliphatic hydroxyl groups is 1. The molecule has 0 fully saturated rings. The van der Waals surface area contributed by atoms with Gasteiger partial charge in [0, 0.05) is 0 Å². The zero-order chi connectivity index (χ0) is 15.3. The van der Waals surface area contributed by atoms with E-state index in [2.05, 4.69) is 0 Å². The molecule has 0 bridgehead atoms. The van der Waals surface area contributed by atoms with Crippen molar-refractivity contribution >= 4 is 5.91 Å². The smallest absolute Gasteiger partial charge is 0.405 e. The van der Waals surface area contributed by atoms with Crippen molar-refractivity contribution in [3.8, 4) is 5.75 Å². The fraction of sp³-hybridized carbons (Fsp3) is 0.462. The van der Waals surface area contributed by atoms with Gasteiger partial charge in [0.1, 0.15) is 12.3 Å². The third-order valence-electron chi connectivity index (χ3n) is 2.53. The summed E-state index contributed by atoms with van der Waals surface area (Å²) in [5, 5.41) is 11.1. The van der Waals surface area contributed by atoms with Crippen LogP contribution in [0.2, 0.25) is 0 Å². The Kier molecular flexibility index (Phi) is 5.38. The average molecular weight is 291 g/mol. The van der Waals surface area contributed by atoms with Crippen LogP contribution in [0.3, 0.4) is 0 Å². The third-order valence-corrected chi connectivity index (χ3v) is 2.53. The molecule has 1 unspecified atom stereocenters. The van der Waals surface area contributed by atoms with Gasteiger partial charge < -0.3 is 15.2 Å². The van der Waals surface area contributed by atoms with Crippen LogP contribution in [0.25, 0.3) is 0 Å². The first kappa shape index (κ1) is 16.3. The molecule has 0 spiro atoms. The minimum atomic E-state index is -4.44. The average Bonchev–Trinajstić information content (AvgIpc) is 2.33. The Morgan fingerprint density at radius 3 is 2.60 bits per heavy atom. The molecule has 112 valence electrons. The second kappa shape index (κ2) is 6.60. The molecule has 4 nitrogen and oxygen atoms in total. The van der Waals surface area contributed by atoms with Gasteiger partial charge in [0.2, 0.25) is 0 Å². The minimum absolute atomic E-state index is 0.386. The number of benzene rings is 1. The molecule has 0 heterocycles. The minimum Gasteiger partial charge on any atom is -0.484 e. The number of hydrogen-bond acceptors (Lipinski definition) is 3. The van der Waals surface area contributed by atoms with E-state index in [1.807, 2.05) is 0 Å². The fourth-order valence-corrected chi connectivity index (χ4v) is 1.49. The van der Waals surface area contributed by atoms with Gasteiger partial charge in [0.25, 0.3) is 5.91 Å². The zero-order valence-electron chi connectivity index (χ0n) is 11.1. The van der Waals surface area contributed by atoms with E-state index < -0.39 is 31.3 Å². The molecule has 0 aliphatic rings. The van der Waals surface area contributed by atoms with Gasteiger partial charge in [-0.15, -0.1) is 0 Å². The summed E-state index contributed by atoms with van der Waals surface area (Å²) in [5.74, 6) is -0.460. The number of ether oxygens (including phenoxy) is 1. The van der Waals surface area contributed by atoms with Crippen LogP contribution in [-0.2, 0) is 4.79 Å². The molecule has 0 aliphatic carbocycles. The maximum Gasteiger partial charge on any atom is 0.405 e. The summed E-state index contributed by atoms with van der Waals surface area (Å²) in [6.07, 6.45) is -5.07. The Morgan fingerprint density at radius 2 is 2.10 bits per heavy atom. The first-order valence-electron chi connectivity index (χ1n) is 5.94. The Morgan fingerprint density at radius 1 is 1.45 bits per heavy atom. The second-order valence-electron chi connectivity index (χ2n) is 4.38. The van der Waals surface area contributed by atoms with Crippen LogP contribution in [0.5, 0.6) is 5.75 Å². The highest BCUT2D eigenvalue weighted by Gasteiger charge is 2.27. The van der Waals surface area contributed by atoms with Crippen molar-refractivity contribution in [1.82, 2.24) is 5.32 Å². The lowest BCUT2D eigenvalue weighted by atomic mass is 10.1. The summed E-state index contributed by atoms with van der Waals surface area (Å²) in [5.41, 5.74) is 1.38. The zero-order valence-corrected chi connectivity index (χ0v) is 11.1. The lowest BCUT2D eigenvalue weighted by Gasteiger charge is -2.12. The van der Waals surface area contributed by atoms with E-state index in [0.717, 1.165) is 0 Å². The quantitative estimate of drug-likeness (QED) is 0.873. The predicted molar refractivity (Wildman–Crippen MR) is 66.4 cm³/mol. The summed E-state index contributed by atoms with van der Waals surface area (Å²) in [4.78, 5) is 11.2. The molecule has 0 saturated heterocycles. The molecule has 0 radical (unpaired) electrons. The summed E-state index contributed by atoms with van der Waals surface area (Å²) < 4.78 is 40.8. The van der Waals surface area contributed by atoms with E-state index >= 15 is 0 Å². The number of aliphatic hydroxyl groups excluding tert-OH is 1. The third kappa shape index (κ3) is 5.48. The normalized spacial score (nSPS) is 12.9. The van der Waals surface area contributed by atoms with Gasteiger partial charge in [0.15, 0.2) is 6.61 Å². The van der Waals surface area contributed by atoms with Crippen molar-refractivity contribution in [2.45, 2.75) is 26.1 Å². The van der Waals surface area contributed by atoms with Crippen molar-refractivity contribution in [2.24, 2.45) is 0 Å². The first-order chi connectivity index (χ1) is 9.19. The van der Waals surface area contributed by atoms with Crippen molar-refractivity contribution in [2.75, 3.05) is 13.2 Å². The Bertz CT molecular complexity index is 472.